The zero-order chi connectivity index (χ0) is 15.0. The predicted molar refractivity (Wildman–Crippen MR) is 86.4 cm³/mol. The predicted octanol–water partition coefficient (Wildman–Crippen LogP) is 2.06. The molecular formula is C15H24N2O2S. The Morgan fingerprint density at radius 1 is 1.25 bits per heavy atom. The van der Waals surface area contributed by atoms with Crippen molar-refractivity contribution in [3.05, 3.63) is 29.8 Å². The van der Waals surface area contributed by atoms with E-state index < -0.39 is 0 Å². The van der Waals surface area contributed by atoms with Crippen LogP contribution in [-0.4, -0.2) is 49.3 Å². The van der Waals surface area contributed by atoms with E-state index in [0.29, 0.717) is 17.6 Å². The van der Waals surface area contributed by atoms with Gasteiger partial charge in [-0.2, -0.15) is 0 Å². The minimum absolute atomic E-state index is 0.362. The number of nitrogens with two attached hydrogens (primary N) is 1. The molecule has 2 N–H and O–H groups in total. The summed E-state index contributed by atoms with van der Waals surface area (Å²) in [4.78, 5) is 2.67. The van der Waals surface area contributed by atoms with Crippen LogP contribution in [0.4, 0.5) is 0 Å². The van der Waals surface area contributed by atoms with Crippen LogP contribution in [0, 0.1) is 0 Å². The third-order valence-electron chi connectivity index (χ3n) is 3.10. The maximum absolute atomic E-state index is 5.81. The molecule has 0 amide bonds. The van der Waals surface area contributed by atoms with Crippen LogP contribution in [0.25, 0.3) is 0 Å². The number of ether oxygens (including phenoxy) is 2. The molecule has 0 aliphatic rings. The third kappa shape index (κ3) is 5.45. The fraction of sp³-hybridized carbons (Fsp3) is 0.533. The van der Waals surface area contributed by atoms with E-state index in [4.69, 9.17) is 27.4 Å². The highest BCUT2D eigenvalue weighted by Crippen LogP contribution is 2.17. The molecule has 0 unspecified atom stereocenters. The Morgan fingerprint density at radius 3 is 2.50 bits per heavy atom. The molecule has 0 fully saturated rings. The first-order chi connectivity index (χ1) is 9.56. The number of para-hydroxylation sites is 1. The van der Waals surface area contributed by atoms with Crippen molar-refractivity contribution >= 4 is 17.2 Å². The van der Waals surface area contributed by atoms with E-state index in [9.17, 15) is 0 Å². The van der Waals surface area contributed by atoms with Gasteiger partial charge in [0.1, 0.15) is 17.3 Å². The SMILES string of the molecule is COCCN(CCOc1ccccc1C(N)=S)C(C)C. The van der Waals surface area contributed by atoms with Crippen LogP contribution in [0.15, 0.2) is 24.3 Å². The topological polar surface area (TPSA) is 47.7 Å². The molecule has 0 saturated heterocycles. The summed E-state index contributed by atoms with van der Waals surface area (Å²) < 4.78 is 10.9. The molecule has 20 heavy (non-hydrogen) atoms. The van der Waals surface area contributed by atoms with Crippen LogP contribution in [0.1, 0.15) is 19.4 Å². The van der Waals surface area contributed by atoms with Crippen LogP contribution in [0.2, 0.25) is 0 Å². The summed E-state index contributed by atoms with van der Waals surface area (Å²) in [5, 5.41) is 0. The molecule has 0 aliphatic heterocycles. The number of nitrogens with zero attached hydrogens (tertiary/aromatic N) is 1. The number of hydrogen-bond donors (Lipinski definition) is 1. The average Bonchev–Trinajstić information content (AvgIpc) is 2.42. The van der Waals surface area contributed by atoms with E-state index >= 15 is 0 Å². The van der Waals surface area contributed by atoms with Crippen LogP contribution in [-0.2, 0) is 4.74 Å². The Labute approximate surface area is 126 Å². The van der Waals surface area contributed by atoms with Gasteiger partial charge in [0.2, 0.25) is 0 Å². The Kier molecular flexibility index (Phi) is 7.51. The monoisotopic (exact) mass is 296 g/mol. The van der Waals surface area contributed by atoms with Crippen molar-refractivity contribution < 1.29 is 9.47 Å². The molecule has 5 heteroatoms. The van der Waals surface area contributed by atoms with E-state index in [1.807, 2.05) is 24.3 Å². The second-order valence-corrected chi connectivity index (χ2v) is 5.27. The lowest BCUT2D eigenvalue weighted by Gasteiger charge is -2.26. The molecule has 1 aromatic rings. The summed E-state index contributed by atoms with van der Waals surface area (Å²) in [5.41, 5.74) is 6.47. The summed E-state index contributed by atoms with van der Waals surface area (Å²) in [6.45, 7) is 7.39. The van der Waals surface area contributed by atoms with Gasteiger partial charge in [-0.25, -0.2) is 0 Å². The molecule has 0 heterocycles. The Bertz CT molecular complexity index is 424. The molecule has 0 radical (unpaired) electrons. The summed E-state index contributed by atoms with van der Waals surface area (Å²) >= 11 is 5.02. The van der Waals surface area contributed by atoms with Crippen LogP contribution >= 0.6 is 12.2 Å². The molecule has 0 saturated carbocycles. The summed E-state index contributed by atoms with van der Waals surface area (Å²) in [7, 11) is 1.72. The van der Waals surface area contributed by atoms with Gasteiger partial charge in [0.15, 0.2) is 0 Å². The highest BCUT2D eigenvalue weighted by atomic mass is 32.1. The zero-order valence-corrected chi connectivity index (χ0v) is 13.3. The van der Waals surface area contributed by atoms with Gasteiger partial charge in [-0.15, -0.1) is 0 Å². The van der Waals surface area contributed by atoms with Crippen LogP contribution in [0.3, 0.4) is 0 Å². The third-order valence-corrected chi connectivity index (χ3v) is 3.32. The molecule has 0 bridgehead atoms. The maximum atomic E-state index is 5.81. The lowest BCUT2D eigenvalue weighted by atomic mass is 10.2. The molecule has 0 aromatic heterocycles. The fourth-order valence-corrected chi connectivity index (χ4v) is 2.07. The van der Waals surface area contributed by atoms with Crippen molar-refractivity contribution in [2.24, 2.45) is 5.73 Å². The molecule has 112 valence electrons. The summed E-state index contributed by atoms with van der Waals surface area (Å²) in [6.07, 6.45) is 0. The first kappa shape index (κ1) is 16.9. The highest BCUT2D eigenvalue weighted by molar-refractivity contribution is 7.80. The molecule has 4 nitrogen and oxygen atoms in total. The van der Waals surface area contributed by atoms with E-state index in [2.05, 4.69) is 18.7 Å². The van der Waals surface area contributed by atoms with E-state index in [0.717, 1.165) is 31.0 Å². The maximum Gasteiger partial charge on any atom is 0.129 e. The second kappa shape index (κ2) is 8.89. The van der Waals surface area contributed by atoms with Gasteiger partial charge in [0.05, 0.1) is 12.2 Å². The lowest BCUT2D eigenvalue weighted by Crippen LogP contribution is -2.37. The number of benzene rings is 1. The Hall–Kier alpha value is -1.17. The van der Waals surface area contributed by atoms with E-state index in [1.165, 1.54) is 0 Å². The van der Waals surface area contributed by atoms with Gasteiger partial charge in [-0.1, -0.05) is 24.4 Å². The lowest BCUT2D eigenvalue weighted by molar-refractivity contribution is 0.116. The fourth-order valence-electron chi connectivity index (χ4n) is 1.91. The zero-order valence-electron chi connectivity index (χ0n) is 12.5. The number of rotatable bonds is 9. The first-order valence-electron chi connectivity index (χ1n) is 6.81. The molecule has 0 spiro atoms. The van der Waals surface area contributed by atoms with Crippen molar-refractivity contribution in [2.45, 2.75) is 19.9 Å². The number of hydrogen-bond acceptors (Lipinski definition) is 4. The molecule has 0 aliphatic carbocycles. The van der Waals surface area contributed by atoms with Crippen molar-refractivity contribution in [3.63, 3.8) is 0 Å². The Balaban J connectivity index is 2.52. The minimum atomic E-state index is 0.362. The molecule has 0 atom stereocenters. The standard InChI is InChI=1S/C15H24N2O2S/c1-12(2)17(8-10-18-3)9-11-19-14-7-5-4-6-13(14)15(16)20/h4-7,12H,8-11H2,1-3H3,(H2,16,20). The minimum Gasteiger partial charge on any atom is -0.492 e. The van der Waals surface area contributed by atoms with Gasteiger partial charge in [0, 0.05) is 26.2 Å². The van der Waals surface area contributed by atoms with E-state index in [-0.39, 0.29) is 0 Å². The van der Waals surface area contributed by atoms with Gasteiger partial charge < -0.3 is 15.2 Å². The van der Waals surface area contributed by atoms with Crippen LogP contribution in [0.5, 0.6) is 5.75 Å². The van der Waals surface area contributed by atoms with Gasteiger partial charge in [-0.3, -0.25) is 4.90 Å². The van der Waals surface area contributed by atoms with Crippen molar-refractivity contribution in [1.82, 2.24) is 4.90 Å². The van der Waals surface area contributed by atoms with Crippen molar-refractivity contribution in [1.29, 1.82) is 0 Å². The largest absolute Gasteiger partial charge is 0.492 e. The normalized spacial score (nSPS) is 11.1. The molecule has 1 rings (SSSR count). The highest BCUT2D eigenvalue weighted by Gasteiger charge is 2.10. The summed E-state index contributed by atoms with van der Waals surface area (Å²) in [5.74, 6) is 0.746. The second-order valence-electron chi connectivity index (χ2n) is 4.83. The van der Waals surface area contributed by atoms with Crippen LogP contribution < -0.4 is 10.5 Å². The van der Waals surface area contributed by atoms with Gasteiger partial charge in [-0.05, 0) is 26.0 Å². The van der Waals surface area contributed by atoms with Gasteiger partial charge in [0.25, 0.3) is 0 Å². The molecule has 1 aromatic carbocycles. The smallest absolute Gasteiger partial charge is 0.129 e. The average molecular weight is 296 g/mol. The van der Waals surface area contributed by atoms with Crippen molar-refractivity contribution in [3.8, 4) is 5.75 Å². The van der Waals surface area contributed by atoms with Gasteiger partial charge >= 0.3 is 0 Å². The number of methoxy groups -OCH3 is 1. The number of thiocarbonyl (C=S) groups is 1. The first-order valence-corrected chi connectivity index (χ1v) is 7.21. The summed E-state index contributed by atoms with van der Waals surface area (Å²) in [6, 6.07) is 8.05. The van der Waals surface area contributed by atoms with E-state index in [1.54, 1.807) is 7.11 Å². The quantitative estimate of drug-likeness (QED) is 0.707. The Morgan fingerprint density at radius 2 is 1.90 bits per heavy atom. The van der Waals surface area contributed by atoms with Crippen molar-refractivity contribution in [2.75, 3.05) is 33.4 Å². The molecular weight excluding hydrogens is 272 g/mol.